The summed E-state index contributed by atoms with van der Waals surface area (Å²) in [5.74, 6) is -1.39. The molecule has 12 heteroatoms. The fourth-order valence-electron chi connectivity index (χ4n) is 7.90. The van der Waals surface area contributed by atoms with E-state index in [-0.39, 0.29) is 6.42 Å². The maximum atomic E-state index is 13.3. The van der Waals surface area contributed by atoms with Gasteiger partial charge in [0.2, 0.25) is 5.91 Å². The number of hydrogen-bond donors (Lipinski definition) is 7. The predicted molar refractivity (Wildman–Crippen MR) is 229 cm³/mol. The van der Waals surface area contributed by atoms with Gasteiger partial charge in [-0.15, -0.1) is 0 Å². The lowest BCUT2D eigenvalue weighted by Crippen LogP contribution is -2.60. The largest absolute Gasteiger partial charge is 0.457 e. The zero-order valence-electron chi connectivity index (χ0n) is 37.0. The third-order valence-corrected chi connectivity index (χ3v) is 11.7. The molecule has 0 saturated carbocycles. The van der Waals surface area contributed by atoms with Crippen molar-refractivity contribution >= 4 is 11.9 Å². The molecule has 58 heavy (non-hydrogen) atoms. The average molecular weight is 832 g/mol. The highest BCUT2D eigenvalue weighted by Crippen LogP contribution is 2.24. The van der Waals surface area contributed by atoms with Crippen LogP contribution in [0.1, 0.15) is 213 Å². The molecule has 1 saturated heterocycles. The zero-order valence-corrected chi connectivity index (χ0v) is 37.0. The van der Waals surface area contributed by atoms with Crippen LogP contribution in [0.2, 0.25) is 0 Å². The van der Waals surface area contributed by atoms with E-state index in [1.165, 1.54) is 135 Å². The summed E-state index contributed by atoms with van der Waals surface area (Å²) >= 11 is 0. The first kappa shape index (κ1) is 54.6. The normalized spacial score (nSPS) is 21.7. The Morgan fingerprint density at radius 2 is 0.983 bits per heavy atom. The van der Waals surface area contributed by atoms with Crippen LogP contribution < -0.4 is 5.32 Å². The van der Waals surface area contributed by atoms with Crippen LogP contribution in [0.5, 0.6) is 0 Å². The van der Waals surface area contributed by atoms with E-state index in [1.807, 2.05) is 0 Å². The molecule has 0 aromatic heterocycles. The Hall–Kier alpha value is -1.38. The molecule has 0 aromatic rings. The lowest BCUT2D eigenvalue weighted by molar-refractivity contribution is -0.303. The number of aliphatic hydroxyl groups is 6. The topological polar surface area (TPSA) is 195 Å². The van der Waals surface area contributed by atoms with Gasteiger partial charge in [0.15, 0.2) is 6.29 Å². The summed E-state index contributed by atoms with van der Waals surface area (Å²) in [5, 5.41) is 65.4. The minimum absolute atomic E-state index is 0.240. The number of esters is 1. The van der Waals surface area contributed by atoms with Gasteiger partial charge in [0, 0.05) is 6.92 Å². The van der Waals surface area contributed by atoms with Crippen molar-refractivity contribution in [1.29, 1.82) is 0 Å². The molecule has 0 radical (unpaired) electrons. The number of amides is 1. The molecule has 0 aromatic carbocycles. The molecule has 12 nitrogen and oxygen atoms in total. The quantitative estimate of drug-likeness (QED) is 0.0237. The first-order chi connectivity index (χ1) is 28.1. The van der Waals surface area contributed by atoms with Gasteiger partial charge in [-0.05, 0) is 12.8 Å². The van der Waals surface area contributed by atoms with Crippen molar-refractivity contribution in [2.75, 3.05) is 13.2 Å². The van der Waals surface area contributed by atoms with Crippen molar-refractivity contribution in [3.63, 3.8) is 0 Å². The van der Waals surface area contributed by atoms with Crippen molar-refractivity contribution in [3.05, 3.63) is 0 Å². The van der Waals surface area contributed by atoms with Gasteiger partial charge >= 0.3 is 5.97 Å². The first-order valence-corrected chi connectivity index (χ1v) is 23.8. The molecule has 0 bridgehead atoms. The molecule has 1 fully saturated rings. The van der Waals surface area contributed by atoms with Crippen LogP contribution in [-0.4, -0.2) is 111 Å². The second kappa shape index (κ2) is 36.3. The molecule has 1 aliphatic heterocycles. The van der Waals surface area contributed by atoms with E-state index in [0.29, 0.717) is 19.3 Å². The van der Waals surface area contributed by atoms with Crippen molar-refractivity contribution in [1.82, 2.24) is 5.32 Å². The van der Waals surface area contributed by atoms with Gasteiger partial charge in [0.25, 0.3) is 0 Å². The highest BCUT2D eigenvalue weighted by Gasteiger charge is 2.45. The molecule has 1 heterocycles. The third-order valence-electron chi connectivity index (χ3n) is 11.7. The van der Waals surface area contributed by atoms with Crippen molar-refractivity contribution < 1.29 is 54.4 Å². The van der Waals surface area contributed by atoms with Crippen molar-refractivity contribution in [2.45, 2.75) is 268 Å². The van der Waals surface area contributed by atoms with E-state index >= 15 is 0 Å². The maximum Gasteiger partial charge on any atom is 0.303 e. The number of unbranched alkanes of at least 4 members (excludes halogenated alkanes) is 26. The number of aliphatic hydroxyl groups excluding tert-OH is 6. The van der Waals surface area contributed by atoms with Gasteiger partial charge in [-0.25, -0.2) is 0 Å². The zero-order chi connectivity index (χ0) is 42.8. The summed E-state index contributed by atoms with van der Waals surface area (Å²) in [4.78, 5) is 25.6. The molecule has 1 amide bonds. The minimum atomic E-state index is -1.69. The number of rotatable bonds is 39. The molecule has 0 aliphatic carbocycles. The number of nitrogens with one attached hydrogen (secondary N) is 1. The second-order valence-electron chi connectivity index (χ2n) is 17.1. The highest BCUT2D eigenvalue weighted by atomic mass is 16.7. The molecule has 344 valence electrons. The molecule has 9 atom stereocenters. The smallest absolute Gasteiger partial charge is 0.303 e. The molecular formula is C46H89NO11. The Kier molecular flexibility index (Phi) is 34.2. The molecular weight excluding hydrogens is 743 g/mol. The summed E-state index contributed by atoms with van der Waals surface area (Å²) in [6, 6.07) is -1.16. The van der Waals surface area contributed by atoms with Crippen molar-refractivity contribution in [3.8, 4) is 0 Å². The Morgan fingerprint density at radius 3 is 1.38 bits per heavy atom. The fraction of sp³-hybridized carbons (Fsp3) is 0.957. The van der Waals surface area contributed by atoms with Gasteiger partial charge in [0.05, 0.1) is 25.4 Å². The number of hydrogen-bond acceptors (Lipinski definition) is 11. The summed E-state index contributed by atoms with van der Waals surface area (Å²) in [7, 11) is 0. The van der Waals surface area contributed by atoms with E-state index in [2.05, 4.69) is 19.2 Å². The highest BCUT2D eigenvalue weighted by molar-refractivity contribution is 5.80. The second-order valence-corrected chi connectivity index (χ2v) is 17.1. The van der Waals surface area contributed by atoms with E-state index in [1.54, 1.807) is 0 Å². The van der Waals surface area contributed by atoms with E-state index < -0.39 is 80.1 Å². The average Bonchev–Trinajstić information content (AvgIpc) is 3.21. The molecule has 1 rings (SSSR count). The number of ether oxygens (including phenoxy) is 3. The molecule has 1 aliphatic rings. The molecule has 0 unspecified atom stereocenters. The first-order valence-electron chi connectivity index (χ1n) is 23.8. The standard InChI is InChI=1S/C46H89NO11/c1-4-6-8-10-12-14-16-17-18-19-20-21-22-23-25-27-29-31-33-39(51)45(55)47-37(35-56-46-43(54)42(53)41(52)40(34-48)58-46)44(57-36(3)49)38(50)32-30-28-26-24-15-13-11-9-7-5-2/h37-44,46,48,50-54H,4-35H2,1-3H3,(H,47,55)/t37-,38+,39+,40+,41+,42-,43+,44-,46+/m0/s1. The van der Waals surface area contributed by atoms with Crippen LogP contribution in [0.3, 0.4) is 0 Å². The van der Waals surface area contributed by atoms with Gasteiger partial charge in [-0.1, -0.05) is 194 Å². The summed E-state index contributed by atoms with van der Waals surface area (Å²) in [6.07, 6.45) is 22.6. The van der Waals surface area contributed by atoms with Crippen LogP contribution in [0.25, 0.3) is 0 Å². The summed E-state index contributed by atoms with van der Waals surface area (Å²) in [5.41, 5.74) is 0. The third kappa shape index (κ3) is 26.1. The Labute approximate surface area is 352 Å². The predicted octanol–water partition coefficient (Wildman–Crippen LogP) is 7.68. The summed E-state index contributed by atoms with van der Waals surface area (Å²) < 4.78 is 16.8. The van der Waals surface area contributed by atoms with E-state index in [0.717, 1.165) is 38.5 Å². The number of carbonyl (C=O) groups excluding carboxylic acids is 2. The van der Waals surface area contributed by atoms with Crippen LogP contribution >= 0.6 is 0 Å². The van der Waals surface area contributed by atoms with Crippen molar-refractivity contribution in [2.24, 2.45) is 0 Å². The van der Waals surface area contributed by atoms with Crippen LogP contribution in [0.4, 0.5) is 0 Å². The van der Waals surface area contributed by atoms with Gasteiger partial charge in [-0.3, -0.25) is 9.59 Å². The lowest BCUT2D eigenvalue weighted by Gasteiger charge is -2.40. The van der Waals surface area contributed by atoms with Gasteiger partial charge < -0.3 is 50.2 Å². The summed E-state index contributed by atoms with van der Waals surface area (Å²) in [6.45, 7) is 4.58. The Bertz CT molecular complexity index is 972. The van der Waals surface area contributed by atoms with Gasteiger partial charge in [0.1, 0.15) is 36.6 Å². The number of carbonyl (C=O) groups is 2. The lowest BCUT2D eigenvalue weighted by atomic mass is 9.98. The van der Waals surface area contributed by atoms with Crippen LogP contribution in [0.15, 0.2) is 0 Å². The fourth-order valence-corrected chi connectivity index (χ4v) is 7.90. The SMILES string of the molecule is CCCCCCCCCCCCCCCCCCCC[C@@H](O)C(=O)N[C@@H](CO[C@@H]1O[C@H](CO)[C@@H](O)[C@H](O)[C@H]1O)[C@H](OC(C)=O)[C@H](O)CCCCCCCCCCCC. The van der Waals surface area contributed by atoms with E-state index in [4.69, 9.17) is 14.2 Å². The molecule has 7 N–H and O–H groups in total. The van der Waals surface area contributed by atoms with Gasteiger partial charge in [-0.2, -0.15) is 0 Å². The minimum Gasteiger partial charge on any atom is -0.457 e. The van der Waals surface area contributed by atoms with Crippen LogP contribution in [-0.2, 0) is 23.8 Å². The Morgan fingerprint density at radius 1 is 0.586 bits per heavy atom. The molecule has 0 spiro atoms. The monoisotopic (exact) mass is 832 g/mol. The van der Waals surface area contributed by atoms with Crippen LogP contribution in [0, 0.1) is 0 Å². The van der Waals surface area contributed by atoms with E-state index in [9.17, 15) is 40.2 Å². The maximum absolute atomic E-state index is 13.3. The Balaban J connectivity index is 2.59.